The van der Waals surface area contributed by atoms with Gasteiger partial charge in [-0.3, -0.25) is 4.79 Å². The Hall–Kier alpha value is -3.52. The summed E-state index contributed by atoms with van der Waals surface area (Å²) in [6, 6.07) is 12.1. The van der Waals surface area contributed by atoms with Crippen molar-refractivity contribution >= 4 is 23.5 Å². The number of primary amides is 1. The number of hydrogen-bond donors (Lipinski definition) is 2. The minimum Gasteiger partial charge on any atom is -0.497 e. The van der Waals surface area contributed by atoms with E-state index in [2.05, 4.69) is 15.4 Å². The summed E-state index contributed by atoms with van der Waals surface area (Å²) < 4.78 is 12.3. The third-order valence-corrected chi connectivity index (χ3v) is 5.17. The summed E-state index contributed by atoms with van der Waals surface area (Å²) in [6.07, 6.45) is 0. The summed E-state index contributed by atoms with van der Waals surface area (Å²) in [4.78, 5) is 16.9. The summed E-state index contributed by atoms with van der Waals surface area (Å²) in [6.45, 7) is 1.79. The molecule has 1 atom stereocenters. The number of aromatic nitrogens is 3. The molecule has 3 aromatic rings. The summed E-state index contributed by atoms with van der Waals surface area (Å²) >= 11 is 6.05. The molecule has 154 valence electrons. The number of anilines is 1. The van der Waals surface area contributed by atoms with Crippen molar-refractivity contribution in [1.29, 1.82) is 0 Å². The predicted octanol–water partition coefficient (Wildman–Crippen LogP) is 3.39. The second-order valence-corrected chi connectivity index (χ2v) is 7.22. The first-order valence-corrected chi connectivity index (χ1v) is 9.52. The highest BCUT2D eigenvalue weighted by Gasteiger charge is 2.33. The Morgan fingerprint density at radius 1 is 1.13 bits per heavy atom. The van der Waals surface area contributed by atoms with Crippen molar-refractivity contribution in [3.05, 3.63) is 64.3 Å². The predicted molar refractivity (Wildman–Crippen MR) is 114 cm³/mol. The van der Waals surface area contributed by atoms with E-state index in [0.717, 1.165) is 5.56 Å². The van der Waals surface area contributed by atoms with E-state index in [1.54, 1.807) is 44.0 Å². The van der Waals surface area contributed by atoms with Crippen LogP contribution in [0.2, 0.25) is 5.02 Å². The molecule has 1 aliphatic rings. The monoisotopic (exact) mass is 425 g/mol. The number of amides is 1. The molecule has 1 aliphatic heterocycles. The number of nitrogens with two attached hydrogens (primary N) is 1. The normalized spacial score (nSPS) is 15.4. The Morgan fingerprint density at radius 3 is 2.33 bits per heavy atom. The van der Waals surface area contributed by atoms with Crippen molar-refractivity contribution in [1.82, 2.24) is 14.8 Å². The van der Waals surface area contributed by atoms with Crippen LogP contribution in [0.3, 0.4) is 0 Å². The van der Waals surface area contributed by atoms with Crippen LogP contribution in [0.4, 0.5) is 5.95 Å². The molecule has 0 bridgehead atoms. The minimum absolute atomic E-state index is 0.407. The summed E-state index contributed by atoms with van der Waals surface area (Å²) in [5.41, 5.74) is 8.26. The van der Waals surface area contributed by atoms with E-state index in [1.807, 2.05) is 24.3 Å². The van der Waals surface area contributed by atoms with E-state index in [0.29, 0.717) is 45.1 Å². The van der Waals surface area contributed by atoms with E-state index >= 15 is 0 Å². The number of benzene rings is 2. The highest BCUT2D eigenvalue weighted by Crippen LogP contribution is 2.37. The van der Waals surface area contributed by atoms with Crippen LogP contribution in [-0.2, 0) is 4.79 Å². The number of halogens is 1. The van der Waals surface area contributed by atoms with Crippen molar-refractivity contribution in [3.63, 3.8) is 0 Å². The van der Waals surface area contributed by atoms with Gasteiger partial charge in [0.15, 0.2) is 5.82 Å². The number of nitrogens with zero attached hydrogens (tertiary/aromatic N) is 3. The lowest BCUT2D eigenvalue weighted by atomic mass is 9.95. The van der Waals surface area contributed by atoms with E-state index in [-0.39, 0.29) is 0 Å². The van der Waals surface area contributed by atoms with Crippen LogP contribution in [0.15, 0.2) is 53.7 Å². The molecule has 0 radical (unpaired) electrons. The van der Waals surface area contributed by atoms with Gasteiger partial charge in [-0.2, -0.15) is 4.98 Å². The Kier molecular flexibility index (Phi) is 5.09. The topological polar surface area (TPSA) is 104 Å². The SMILES string of the molecule is COc1cc(OC)cc(-c2nc3n(n2)[C@@H](c2ccc(Cl)cc2)C(C(N)=O)=C(C)N3)c1. The van der Waals surface area contributed by atoms with Crippen LogP contribution in [0.1, 0.15) is 18.5 Å². The number of hydrogen-bond acceptors (Lipinski definition) is 6. The van der Waals surface area contributed by atoms with Crippen molar-refractivity contribution in [2.24, 2.45) is 5.73 Å². The van der Waals surface area contributed by atoms with E-state index in [1.165, 1.54) is 0 Å². The van der Waals surface area contributed by atoms with Gasteiger partial charge in [-0.05, 0) is 36.8 Å². The molecule has 2 heterocycles. The fourth-order valence-electron chi connectivity index (χ4n) is 3.48. The van der Waals surface area contributed by atoms with E-state index in [9.17, 15) is 4.79 Å². The Morgan fingerprint density at radius 2 is 1.77 bits per heavy atom. The van der Waals surface area contributed by atoms with Gasteiger partial charge in [0, 0.05) is 22.3 Å². The fourth-order valence-corrected chi connectivity index (χ4v) is 3.61. The molecule has 1 aromatic heterocycles. The van der Waals surface area contributed by atoms with Gasteiger partial charge in [0.1, 0.15) is 17.5 Å². The lowest BCUT2D eigenvalue weighted by molar-refractivity contribution is -0.115. The highest BCUT2D eigenvalue weighted by atomic mass is 35.5. The van der Waals surface area contributed by atoms with Crippen LogP contribution in [0, 0.1) is 0 Å². The molecule has 9 heteroatoms. The average molecular weight is 426 g/mol. The van der Waals surface area contributed by atoms with Gasteiger partial charge >= 0.3 is 0 Å². The number of carbonyl (C=O) groups excluding carboxylic acids is 1. The molecule has 3 N–H and O–H groups in total. The zero-order valence-corrected chi connectivity index (χ0v) is 17.4. The third-order valence-electron chi connectivity index (χ3n) is 4.91. The largest absolute Gasteiger partial charge is 0.497 e. The molecule has 0 aliphatic carbocycles. The molecule has 0 unspecified atom stereocenters. The van der Waals surface area contributed by atoms with Crippen molar-refractivity contribution in [2.75, 3.05) is 19.5 Å². The number of nitrogens with one attached hydrogen (secondary N) is 1. The maximum absolute atomic E-state index is 12.3. The Balaban J connectivity index is 1.87. The summed E-state index contributed by atoms with van der Waals surface area (Å²) in [5, 5.41) is 8.40. The second kappa shape index (κ2) is 7.72. The minimum atomic E-state index is -0.537. The van der Waals surface area contributed by atoms with Crippen LogP contribution in [0.5, 0.6) is 11.5 Å². The van der Waals surface area contributed by atoms with Gasteiger partial charge in [0.05, 0.1) is 19.8 Å². The zero-order chi connectivity index (χ0) is 21.4. The van der Waals surface area contributed by atoms with Crippen molar-refractivity contribution in [2.45, 2.75) is 13.0 Å². The van der Waals surface area contributed by atoms with Crippen LogP contribution < -0.4 is 20.5 Å². The first-order valence-electron chi connectivity index (χ1n) is 9.14. The number of rotatable bonds is 5. The maximum Gasteiger partial charge on any atom is 0.248 e. The number of allylic oxidation sites excluding steroid dienone is 1. The van der Waals surface area contributed by atoms with Gasteiger partial charge in [0.25, 0.3) is 0 Å². The molecule has 2 aromatic carbocycles. The molecule has 1 amide bonds. The second-order valence-electron chi connectivity index (χ2n) is 6.79. The van der Waals surface area contributed by atoms with Gasteiger partial charge < -0.3 is 20.5 Å². The van der Waals surface area contributed by atoms with Gasteiger partial charge in [-0.1, -0.05) is 23.7 Å². The standard InChI is InChI=1S/C21H20ClN5O3/c1-11-17(19(23)28)18(12-4-6-14(22)7-5-12)27-21(24-11)25-20(26-27)13-8-15(29-2)10-16(9-13)30-3/h4-10,18H,1-3H3,(H2,23,28)(H,24,25,26)/t18-/m0/s1. The number of methoxy groups -OCH3 is 2. The number of ether oxygens (including phenoxy) is 2. The number of fused-ring (bicyclic) bond motifs is 1. The van der Waals surface area contributed by atoms with E-state index in [4.69, 9.17) is 26.8 Å². The van der Waals surface area contributed by atoms with Gasteiger partial charge in [0.2, 0.25) is 11.9 Å². The third kappa shape index (κ3) is 3.46. The lowest BCUT2D eigenvalue weighted by Crippen LogP contribution is -2.31. The van der Waals surface area contributed by atoms with Crippen LogP contribution in [0.25, 0.3) is 11.4 Å². The smallest absolute Gasteiger partial charge is 0.248 e. The summed E-state index contributed by atoms with van der Waals surface area (Å²) in [5.74, 6) is 1.64. The van der Waals surface area contributed by atoms with Crippen LogP contribution in [-0.4, -0.2) is 34.9 Å². The van der Waals surface area contributed by atoms with Gasteiger partial charge in [-0.25, -0.2) is 4.68 Å². The lowest BCUT2D eigenvalue weighted by Gasteiger charge is -2.27. The molecule has 4 rings (SSSR count). The molecular weight excluding hydrogens is 406 g/mol. The fraction of sp³-hybridized carbons (Fsp3) is 0.190. The quantitative estimate of drug-likeness (QED) is 0.649. The molecule has 30 heavy (non-hydrogen) atoms. The summed E-state index contributed by atoms with van der Waals surface area (Å²) in [7, 11) is 3.16. The zero-order valence-electron chi connectivity index (χ0n) is 16.6. The molecule has 8 nitrogen and oxygen atoms in total. The van der Waals surface area contributed by atoms with Crippen LogP contribution >= 0.6 is 11.6 Å². The first kappa shape index (κ1) is 19.8. The highest BCUT2D eigenvalue weighted by molar-refractivity contribution is 6.30. The number of carbonyl (C=O) groups is 1. The maximum atomic E-state index is 12.3. The molecule has 0 spiro atoms. The molecule has 0 saturated carbocycles. The van der Waals surface area contributed by atoms with E-state index < -0.39 is 11.9 Å². The first-order chi connectivity index (χ1) is 14.4. The molecule has 0 fully saturated rings. The van der Waals surface area contributed by atoms with Gasteiger partial charge in [-0.15, -0.1) is 5.10 Å². The Labute approximate surface area is 178 Å². The molecule has 0 saturated heterocycles. The van der Waals surface area contributed by atoms with Crippen molar-refractivity contribution in [3.8, 4) is 22.9 Å². The van der Waals surface area contributed by atoms with Crippen molar-refractivity contribution < 1.29 is 14.3 Å². The molecular formula is C21H20ClN5O3. The Bertz CT molecular complexity index is 1130. The average Bonchev–Trinajstić information content (AvgIpc) is 3.16.